The van der Waals surface area contributed by atoms with E-state index >= 15 is 0 Å². The molecule has 0 atom stereocenters. The first-order valence-electron chi connectivity index (χ1n) is 8.94. The Morgan fingerprint density at radius 3 is 2.48 bits per heavy atom. The van der Waals surface area contributed by atoms with Gasteiger partial charge in [-0.1, -0.05) is 71.2 Å². The van der Waals surface area contributed by atoms with Crippen molar-refractivity contribution in [3.05, 3.63) is 105 Å². The van der Waals surface area contributed by atoms with Gasteiger partial charge in [-0.3, -0.25) is 0 Å². The van der Waals surface area contributed by atoms with Gasteiger partial charge in [-0.05, 0) is 42.0 Å². The first kappa shape index (κ1) is 19.6. The number of nitrogens with zero attached hydrogens (tertiary/aromatic N) is 2. The number of fused-ring (bicyclic) bond motifs is 1. The fourth-order valence-electron chi connectivity index (χ4n) is 3.39. The number of halogens is 3. The fraction of sp³-hybridized carbons (Fsp3) is 0.0417. The summed E-state index contributed by atoms with van der Waals surface area (Å²) in [5, 5.41) is 12.5. The number of nitriles is 1. The molecular weight excluding hydrogens is 423 g/mol. The molecule has 0 amide bonds. The lowest BCUT2D eigenvalue weighted by Crippen LogP contribution is -1.97. The lowest BCUT2D eigenvalue weighted by molar-refractivity contribution is 0.836. The topological polar surface area (TPSA) is 28.7 Å². The van der Waals surface area contributed by atoms with Gasteiger partial charge in [0.25, 0.3) is 0 Å². The normalized spacial score (nSPS) is 11.6. The molecule has 142 valence electrons. The second-order valence-corrected chi connectivity index (χ2v) is 7.93. The zero-order chi connectivity index (χ0) is 20.4. The van der Waals surface area contributed by atoms with Crippen molar-refractivity contribution >= 4 is 57.4 Å². The minimum absolute atomic E-state index is 0.452. The summed E-state index contributed by atoms with van der Waals surface area (Å²) in [6.45, 7) is 0.679. The highest BCUT2D eigenvalue weighted by molar-refractivity contribution is 6.36. The lowest BCUT2D eigenvalue weighted by Gasteiger charge is -2.06. The molecule has 0 N–H and O–H groups in total. The van der Waals surface area contributed by atoms with Crippen LogP contribution in [0.3, 0.4) is 0 Å². The predicted molar refractivity (Wildman–Crippen MR) is 122 cm³/mol. The molecule has 0 fully saturated rings. The van der Waals surface area contributed by atoms with E-state index in [-0.39, 0.29) is 0 Å². The Labute approximate surface area is 184 Å². The van der Waals surface area contributed by atoms with Gasteiger partial charge >= 0.3 is 0 Å². The summed E-state index contributed by atoms with van der Waals surface area (Å²) < 4.78 is 2.16. The van der Waals surface area contributed by atoms with Crippen LogP contribution in [0.15, 0.2) is 72.9 Å². The highest BCUT2D eigenvalue weighted by Gasteiger charge is 2.11. The number of rotatable bonds is 4. The molecule has 29 heavy (non-hydrogen) atoms. The highest BCUT2D eigenvalue weighted by Crippen LogP contribution is 2.31. The number of hydrogen-bond donors (Lipinski definition) is 0. The smallest absolute Gasteiger partial charge is 0.0998 e. The average Bonchev–Trinajstić information content (AvgIpc) is 3.04. The third-order valence-electron chi connectivity index (χ3n) is 4.70. The summed E-state index contributed by atoms with van der Waals surface area (Å²) in [5.41, 5.74) is 4.28. The Hall–Kier alpha value is -2.70. The van der Waals surface area contributed by atoms with Crippen molar-refractivity contribution in [1.82, 2.24) is 4.57 Å². The molecule has 0 saturated carbocycles. The third-order valence-corrected chi connectivity index (χ3v) is 5.49. The number of hydrogen-bond acceptors (Lipinski definition) is 1. The number of aromatic nitrogens is 1. The van der Waals surface area contributed by atoms with Crippen LogP contribution in [0.2, 0.25) is 15.1 Å². The standard InChI is InChI=1S/C24H15Cl3N2/c25-19-5-3-4-16(10-19)14-29-15-18(22-6-1-2-7-24(22)29)11-17(13-28)21-9-8-20(26)12-23(21)27/h1-12,15H,14H2/b17-11+. The lowest BCUT2D eigenvalue weighted by atomic mass is 10.0. The van der Waals surface area contributed by atoms with Gasteiger partial charge in [0.05, 0.1) is 16.7 Å². The summed E-state index contributed by atoms with van der Waals surface area (Å²) in [5.74, 6) is 0. The number of para-hydroxylation sites is 1. The largest absolute Gasteiger partial charge is 0.342 e. The molecule has 0 bridgehead atoms. The van der Waals surface area contributed by atoms with Gasteiger partial charge < -0.3 is 4.57 Å². The molecule has 0 saturated heterocycles. The van der Waals surface area contributed by atoms with Gasteiger partial charge in [0.2, 0.25) is 0 Å². The van der Waals surface area contributed by atoms with Crippen LogP contribution in [0.25, 0.3) is 22.6 Å². The highest BCUT2D eigenvalue weighted by atomic mass is 35.5. The Balaban J connectivity index is 1.81. The maximum absolute atomic E-state index is 9.75. The van der Waals surface area contributed by atoms with Crippen LogP contribution in [0.4, 0.5) is 0 Å². The Bertz CT molecular complexity index is 1280. The van der Waals surface area contributed by atoms with Crippen LogP contribution in [0.5, 0.6) is 0 Å². The summed E-state index contributed by atoms with van der Waals surface area (Å²) in [6.07, 6.45) is 3.92. The van der Waals surface area contributed by atoms with Gasteiger partial charge in [-0.2, -0.15) is 5.26 Å². The zero-order valence-electron chi connectivity index (χ0n) is 15.2. The minimum Gasteiger partial charge on any atom is -0.342 e. The Kier molecular flexibility index (Phi) is 5.65. The predicted octanol–water partition coefficient (Wildman–Crippen LogP) is 7.71. The number of benzene rings is 3. The maximum atomic E-state index is 9.75. The summed E-state index contributed by atoms with van der Waals surface area (Å²) in [4.78, 5) is 0. The van der Waals surface area contributed by atoms with Crippen molar-refractivity contribution in [1.29, 1.82) is 5.26 Å². The van der Waals surface area contributed by atoms with E-state index in [2.05, 4.69) is 16.7 Å². The van der Waals surface area contributed by atoms with Crippen molar-refractivity contribution in [2.45, 2.75) is 6.54 Å². The molecule has 0 aliphatic carbocycles. The molecule has 0 unspecified atom stereocenters. The van der Waals surface area contributed by atoms with Crippen LogP contribution in [0.1, 0.15) is 16.7 Å². The average molecular weight is 438 g/mol. The molecule has 1 heterocycles. The first-order valence-corrected chi connectivity index (χ1v) is 10.1. The third kappa shape index (κ3) is 4.18. The minimum atomic E-state index is 0.452. The van der Waals surface area contributed by atoms with Crippen molar-refractivity contribution < 1.29 is 0 Å². The quantitative estimate of drug-likeness (QED) is 0.300. The first-order chi connectivity index (χ1) is 14.0. The van der Waals surface area contributed by atoms with E-state index in [1.807, 2.05) is 54.7 Å². The van der Waals surface area contributed by atoms with Gasteiger partial charge in [0.15, 0.2) is 0 Å². The second kappa shape index (κ2) is 8.35. The van der Waals surface area contributed by atoms with E-state index < -0.39 is 0 Å². The molecule has 3 aromatic carbocycles. The van der Waals surface area contributed by atoms with Gasteiger partial charge in [0.1, 0.15) is 0 Å². The van der Waals surface area contributed by atoms with E-state index in [9.17, 15) is 5.26 Å². The van der Waals surface area contributed by atoms with Crippen LogP contribution in [-0.2, 0) is 6.54 Å². The monoisotopic (exact) mass is 436 g/mol. The molecule has 4 rings (SSSR count). The zero-order valence-corrected chi connectivity index (χ0v) is 17.5. The van der Waals surface area contributed by atoms with Crippen LogP contribution in [-0.4, -0.2) is 4.57 Å². The molecule has 5 heteroatoms. The molecule has 0 aliphatic rings. The molecule has 0 radical (unpaired) electrons. The van der Waals surface area contributed by atoms with Crippen molar-refractivity contribution in [2.24, 2.45) is 0 Å². The van der Waals surface area contributed by atoms with E-state index in [0.29, 0.717) is 32.7 Å². The Morgan fingerprint density at radius 2 is 1.72 bits per heavy atom. The summed E-state index contributed by atoms with van der Waals surface area (Å²) in [7, 11) is 0. The molecular formula is C24H15Cl3N2. The van der Waals surface area contributed by atoms with E-state index in [1.165, 1.54) is 0 Å². The van der Waals surface area contributed by atoms with E-state index in [1.54, 1.807) is 18.2 Å². The summed E-state index contributed by atoms with van der Waals surface area (Å²) >= 11 is 18.5. The van der Waals surface area contributed by atoms with Gasteiger partial charge in [0, 0.05) is 44.8 Å². The van der Waals surface area contributed by atoms with Crippen molar-refractivity contribution in [2.75, 3.05) is 0 Å². The maximum Gasteiger partial charge on any atom is 0.0998 e. The van der Waals surface area contributed by atoms with Crippen molar-refractivity contribution in [3.63, 3.8) is 0 Å². The molecule has 0 spiro atoms. The summed E-state index contributed by atoms with van der Waals surface area (Å²) in [6, 6.07) is 23.3. The molecule has 0 aliphatic heterocycles. The van der Waals surface area contributed by atoms with Gasteiger partial charge in [-0.15, -0.1) is 0 Å². The van der Waals surface area contributed by atoms with Crippen LogP contribution in [0, 0.1) is 11.3 Å². The molecule has 2 nitrogen and oxygen atoms in total. The SMILES string of the molecule is N#C/C(=C\c1cn(Cc2cccc(Cl)c2)c2ccccc12)c1ccc(Cl)cc1Cl. The fourth-order valence-corrected chi connectivity index (χ4v) is 4.11. The van der Waals surface area contributed by atoms with Gasteiger partial charge in [-0.25, -0.2) is 0 Å². The van der Waals surface area contributed by atoms with Crippen LogP contribution >= 0.6 is 34.8 Å². The van der Waals surface area contributed by atoms with Crippen molar-refractivity contribution in [3.8, 4) is 6.07 Å². The van der Waals surface area contributed by atoms with Crippen LogP contribution < -0.4 is 0 Å². The van der Waals surface area contributed by atoms with E-state index in [0.717, 1.165) is 22.0 Å². The van der Waals surface area contributed by atoms with E-state index in [4.69, 9.17) is 34.8 Å². The Morgan fingerprint density at radius 1 is 0.931 bits per heavy atom. The second-order valence-electron chi connectivity index (χ2n) is 6.65. The number of allylic oxidation sites excluding steroid dienone is 1. The molecule has 4 aromatic rings. The molecule has 1 aromatic heterocycles.